The Balaban J connectivity index is 2.28. The van der Waals surface area contributed by atoms with Crippen LogP contribution in [0.1, 0.15) is 37.6 Å². The van der Waals surface area contributed by atoms with E-state index in [1.54, 1.807) is 11.8 Å². The molecule has 0 saturated carbocycles. The maximum absolute atomic E-state index is 12.9. The van der Waals surface area contributed by atoms with E-state index in [0.29, 0.717) is 41.7 Å². The van der Waals surface area contributed by atoms with Crippen LogP contribution in [0.5, 0.6) is 0 Å². The van der Waals surface area contributed by atoms with Gasteiger partial charge in [0, 0.05) is 25.1 Å². The van der Waals surface area contributed by atoms with Crippen LogP contribution in [0.2, 0.25) is 5.15 Å². The van der Waals surface area contributed by atoms with Crippen molar-refractivity contribution in [1.82, 2.24) is 9.97 Å². The SMILES string of the molecule is CCCc1nc(Cl)c(C)c(N2CCCC(C(F)(F)F)C2)n1. The minimum atomic E-state index is -4.16. The van der Waals surface area contributed by atoms with Gasteiger partial charge in [0.1, 0.15) is 16.8 Å². The molecule has 1 aromatic heterocycles. The van der Waals surface area contributed by atoms with Crippen LogP contribution >= 0.6 is 11.6 Å². The summed E-state index contributed by atoms with van der Waals surface area (Å²) >= 11 is 6.10. The third-order valence-corrected chi connectivity index (χ3v) is 4.13. The zero-order chi connectivity index (χ0) is 15.6. The molecule has 0 N–H and O–H groups in total. The molecular formula is C14H19ClF3N3. The molecule has 0 spiro atoms. The van der Waals surface area contributed by atoms with Crippen LogP contribution in [0, 0.1) is 12.8 Å². The first-order chi connectivity index (χ1) is 9.82. The first-order valence-electron chi connectivity index (χ1n) is 7.17. The van der Waals surface area contributed by atoms with Crippen molar-refractivity contribution in [2.75, 3.05) is 18.0 Å². The lowest BCUT2D eigenvalue weighted by Gasteiger charge is -2.35. The van der Waals surface area contributed by atoms with Crippen molar-refractivity contribution in [3.8, 4) is 0 Å². The molecule has 1 aromatic rings. The number of anilines is 1. The van der Waals surface area contributed by atoms with Crippen molar-refractivity contribution in [3.63, 3.8) is 0 Å². The first kappa shape index (κ1) is 16.3. The zero-order valence-corrected chi connectivity index (χ0v) is 12.9. The number of aromatic nitrogens is 2. The Morgan fingerprint density at radius 1 is 1.33 bits per heavy atom. The van der Waals surface area contributed by atoms with Crippen molar-refractivity contribution >= 4 is 17.4 Å². The molecule has 2 heterocycles. The van der Waals surface area contributed by atoms with Gasteiger partial charge in [-0.15, -0.1) is 0 Å². The van der Waals surface area contributed by atoms with Gasteiger partial charge in [0.15, 0.2) is 0 Å². The average Bonchev–Trinajstić information content (AvgIpc) is 2.42. The van der Waals surface area contributed by atoms with Gasteiger partial charge in [-0.25, -0.2) is 9.97 Å². The molecule has 1 aliphatic heterocycles. The summed E-state index contributed by atoms with van der Waals surface area (Å²) in [6.45, 7) is 4.28. The number of alkyl halides is 3. The second kappa shape index (κ2) is 6.38. The highest BCUT2D eigenvalue weighted by molar-refractivity contribution is 6.30. The van der Waals surface area contributed by atoms with Gasteiger partial charge >= 0.3 is 6.18 Å². The summed E-state index contributed by atoms with van der Waals surface area (Å²) in [6.07, 6.45) is -1.93. The molecule has 3 nitrogen and oxygen atoms in total. The molecule has 118 valence electrons. The predicted octanol–water partition coefficient (Wildman–Crippen LogP) is 4.17. The molecule has 21 heavy (non-hydrogen) atoms. The number of nitrogens with zero attached hydrogens (tertiary/aromatic N) is 3. The molecule has 0 aliphatic carbocycles. The van der Waals surface area contributed by atoms with E-state index >= 15 is 0 Å². The molecule has 0 amide bonds. The van der Waals surface area contributed by atoms with E-state index in [4.69, 9.17) is 11.6 Å². The fourth-order valence-electron chi connectivity index (χ4n) is 2.60. The Morgan fingerprint density at radius 2 is 2.05 bits per heavy atom. The van der Waals surface area contributed by atoms with E-state index in [9.17, 15) is 13.2 Å². The van der Waals surface area contributed by atoms with Gasteiger partial charge in [0.25, 0.3) is 0 Å². The van der Waals surface area contributed by atoms with Crippen LogP contribution in [0.4, 0.5) is 19.0 Å². The minimum Gasteiger partial charge on any atom is -0.356 e. The number of piperidine rings is 1. The van der Waals surface area contributed by atoms with Crippen LogP contribution < -0.4 is 4.90 Å². The summed E-state index contributed by atoms with van der Waals surface area (Å²) in [7, 11) is 0. The average molecular weight is 322 g/mol. The lowest BCUT2D eigenvalue weighted by molar-refractivity contribution is -0.176. The summed E-state index contributed by atoms with van der Waals surface area (Å²) in [6, 6.07) is 0. The smallest absolute Gasteiger partial charge is 0.356 e. The van der Waals surface area contributed by atoms with Crippen molar-refractivity contribution in [2.24, 2.45) is 5.92 Å². The van der Waals surface area contributed by atoms with Crippen LogP contribution in [0.15, 0.2) is 0 Å². The fourth-order valence-corrected chi connectivity index (χ4v) is 2.78. The molecule has 1 atom stereocenters. The molecule has 1 saturated heterocycles. The Bertz CT molecular complexity index is 505. The first-order valence-corrected chi connectivity index (χ1v) is 7.55. The molecule has 7 heteroatoms. The summed E-state index contributed by atoms with van der Waals surface area (Å²) in [5.74, 6) is -0.154. The Kier molecular flexibility index (Phi) is 4.96. The van der Waals surface area contributed by atoms with Crippen LogP contribution in [0.25, 0.3) is 0 Å². The molecule has 2 rings (SSSR count). The molecule has 1 unspecified atom stereocenters. The van der Waals surface area contributed by atoms with Gasteiger partial charge in [-0.05, 0) is 26.2 Å². The predicted molar refractivity (Wildman–Crippen MR) is 76.8 cm³/mol. The monoisotopic (exact) mass is 321 g/mol. The van der Waals surface area contributed by atoms with Crippen LogP contribution in [-0.4, -0.2) is 29.2 Å². The molecule has 0 radical (unpaired) electrons. The Labute approximate surface area is 127 Å². The van der Waals surface area contributed by atoms with E-state index < -0.39 is 12.1 Å². The minimum absolute atomic E-state index is 0.0523. The second-order valence-electron chi connectivity index (χ2n) is 5.46. The third-order valence-electron chi connectivity index (χ3n) is 3.76. The second-order valence-corrected chi connectivity index (χ2v) is 5.81. The molecule has 0 bridgehead atoms. The molecule has 0 aromatic carbocycles. The number of hydrogen-bond acceptors (Lipinski definition) is 3. The van der Waals surface area contributed by atoms with Crippen molar-refractivity contribution in [3.05, 3.63) is 16.5 Å². The van der Waals surface area contributed by atoms with E-state index in [-0.39, 0.29) is 13.0 Å². The summed E-state index contributed by atoms with van der Waals surface area (Å²) in [5.41, 5.74) is 0.652. The normalized spacial score (nSPS) is 19.9. The van der Waals surface area contributed by atoms with E-state index in [1.807, 2.05) is 6.92 Å². The highest BCUT2D eigenvalue weighted by Gasteiger charge is 2.42. The number of hydrogen-bond donors (Lipinski definition) is 0. The van der Waals surface area contributed by atoms with E-state index in [0.717, 1.165) is 6.42 Å². The standard InChI is InChI=1S/C14H19ClF3N3/c1-3-5-11-19-12(15)9(2)13(20-11)21-7-4-6-10(8-21)14(16,17)18/h10H,3-8H2,1-2H3. The fraction of sp³-hybridized carbons (Fsp3) is 0.714. The summed E-state index contributed by atoms with van der Waals surface area (Å²) in [4.78, 5) is 10.3. The topological polar surface area (TPSA) is 29.0 Å². The quantitative estimate of drug-likeness (QED) is 0.782. The van der Waals surface area contributed by atoms with E-state index in [2.05, 4.69) is 9.97 Å². The van der Waals surface area contributed by atoms with Gasteiger partial charge in [-0.3, -0.25) is 0 Å². The summed E-state index contributed by atoms with van der Waals surface area (Å²) < 4.78 is 38.8. The largest absolute Gasteiger partial charge is 0.393 e. The van der Waals surface area contributed by atoms with Crippen molar-refractivity contribution in [2.45, 2.75) is 45.7 Å². The van der Waals surface area contributed by atoms with Gasteiger partial charge in [0.05, 0.1) is 5.92 Å². The highest BCUT2D eigenvalue weighted by atomic mass is 35.5. The molecule has 1 fully saturated rings. The van der Waals surface area contributed by atoms with Crippen LogP contribution in [-0.2, 0) is 6.42 Å². The third kappa shape index (κ3) is 3.78. The van der Waals surface area contributed by atoms with Gasteiger partial charge in [-0.1, -0.05) is 18.5 Å². The molecule has 1 aliphatic rings. The van der Waals surface area contributed by atoms with Crippen molar-refractivity contribution < 1.29 is 13.2 Å². The van der Waals surface area contributed by atoms with Gasteiger partial charge < -0.3 is 4.90 Å². The zero-order valence-electron chi connectivity index (χ0n) is 12.2. The van der Waals surface area contributed by atoms with Gasteiger partial charge in [-0.2, -0.15) is 13.2 Å². The number of rotatable bonds is 3. The lowest BCUT2D eigenvalue weighted by atomic mass is 9.97. The lowest BCUT2D eigenvalue weighted by Crippen LogP contribution is -2.42. The Hall–Kier alpha value is -1.04. The number of aryl methyl sites for hydroxylation is 1. The van der Waals surface area contributed by atoms with Crippen LogP contribution in [0.3, 0.4) is 0 Å². The van der Waals surface area contributed by atoms with Gasteiger partial charge in [0.2, 0.25) is 0 Å². The maximum Gasteiger partial charge on any atom is 0.393 e. The van der Waals surface area contributed by atoms with Crippen molar-refractivity contribution in [1.29, 1.82) is 0 Å². The maximum atomic E-state index is 12.9. The highest BCUT2D eigenvalue weighted by Crippen LogP contribution is 2.35. The molecular weight excluding hydrogens is 303 g/mol. The van der Waals surface area contributed by atoms with E-state index in [1.165, 1.54) is 0 Å². The Morgan fingerprint density at radius 3 is 2.67 bits per heavy atom. The summed E-state index contributed by atoms with van der Waals surface area (Å²) in [5, 5.41) is 0.331. The number of halogens is 4.